The molecule has 0 radical (unpaired) electrons. The minimum Gasteiger partial charge on any atom is -0.326 e. The number of halogens is 1. The summed E-state index contributed by atoms with van der Waals surface area (Å²) in [6.45, 7) is 2.75. The van der Waals surface area contributed by atoms with Gasteiger partial charge in [0.15, 0.2) is 0 Å². The van der Waals surface area contributed by atoms with Crippen LogP contribution in [-0.2, 0) is 0 Å². The highest BCUT2D eigenvalue weighted by atomic mass is 32.2. The third-order valence-corrected chi connectivity index (χ3v) is 5.12. The highest BCUT2D eigenvalue weighted by molar-refractivity contribution is 8.00. The maximum Gasteiger partial charge on any atom is 0.255 e. The van der Waals surface area contributed by atoms with Gasteiger partial charge in [0.25, 0.3) is 5.91 Å². The van der Waals surface area contributed by atoms with Crippen molar-refractivity contribution in [2.45, 2.75) is 25.1 Å². The summed E-state index contributed by atoms with van der Waals surface area (Å²) in [6.07, 6.45) is 1.91. The Labute approximate surface area is 131 Å². The van der Waals surface area contributed by atoms with Gasteiger partial charge in [0.2, 0.25) is 5.56 Å². The average Bonchev–Trinajstić information content (AvgIpc) is 2.95. The molecule has 4 nitrogen and oxygen atoms in total. The molecule has 1 N–H and O–H groups in total. The highest BCUT2D eigenvalue weighted by Gasteiger charge is 2.30. The molecule has 1 fully saturated rings. The second-order valence-electron chi connectivity index (χ2n) is 5.35. The van der Waals surface area contributed by atoms with Crippen LogP contribution in [0.5, 0.6) is 0 Å². The number of benzene rings is 1. The minimum absolute atomic E-state index is 0.139. The molecule has 2 aromatic rings. The molecule has 1 aromatic heterocycles. The summed E-state index contributed by atoms with van der Waals surface area (Å²) in [5.74, 6) is 0.283. The fraction of sp³-hybridized carbons (Fsp3) is 0.375. The quantitative estimate of drug-likeness (QED) is 0.946. The number of carbonyl (C=O) groups is 1. The zero-order valence-electron chi connectivity index (χ0n) is 12.3. The van der Waals surface area contributed by atoms with Crippen molar-refractivity contribution in [1.82, 2.24) is 9.88 Å². The molecule has 1 saturated heterocycles. The van der Waals surface area contributed by atoms with E-state index in [0.717, 1.165) is 18.6 Å². The van der Waals surface area contributed by atoms with Crippen LogP contribution in [0.4, 0.5) is 4.39 Å². The van der Waals surface area contributed by atoms with Crippen LogP contribution in [0.25, 0.3) is 10.9 Å². The maximum atomic E-state index is 13.5. The number of aromatic nitrogens is 1. The first kappa shape index (κ1) is 15.1. The number of amides is 1. The highest BCUT2D eigenvalue weighted by Crippen LogP contribution is 2.30. The molecule has 1 aliphatic heterocycles. The minimum atomic E-state index is -0.422. The average molecular weight is 320 g/mol. The Hall–Kier alpha value is -1.82. The van der Waals surface area contributed by atoms with E-state index >= 15 is 0 Å². The van der Waals surface area contributed by atoms with Crippen molar-refractivity contribution in [2.24, 2.45) is 0 Å². The maximum absolute atomic E-state index is 13.5. The van der Waals surface area contributed by atoms with Gasteiger partial charge in [-0.25, -0.2) is 4.39 Å². The number of hydrogen-bond donors (Lipinski definition) is 1. The first-order chi connectivity index (χ1) is 10.6. The normalized spacial score (nSPS) is 18.1. The van der Waals surface area contributed by atoms with E-state index in [1.165, 1.54) is 24.3 Å². The van der Waals surface area contributed by atoms with Crippen LogP contribution in [0.1, 0.15) is 30.1 Å². The smallest absolute Gasteiger partial charge is 0.255 e. The van der Waals surface area contributed by atoms with E-state index in [9.17, 15) is 14.0 Å². The largest absolute Gasteiger partial charge is 0.326 e. The zero-order chi connectivity index (χ0) is 15.7. The third-order valence-electron chi connectivity index (χ3n) is 3.82. The Morgan fingerprint density at radius 1 is 1.45 bits per heavy atom. The SMILES string of the molecule is CCC[C@H]1SCCN1C(=O)c1cc(=O)[nH]c2ccc(F)cc12. The molecule has 0 aliphatic carbocycles. The van der Waals surface area contributed by atoms with Gasteiger partial charge in [0, 0.05) is 29.3 Å². The molecule has 116 valence electrons. The first-order valence-corrected chi connectivity index (χ1v) is 8.40. The second kappa shape index (κ2) is 6.12. The number of pyridine rings is 1. The van der Waals surface area contributed by atoms with E-state index in [2.05, 4.69) is 11.9 Å². The zero-order valence-corrected chi connectivity index (χ0v) is 13.1. The number of rotatable bonds is 3. The summed E-state index contributed by atoms with van der Waals surface area (Å²) < 4.78 is 13.5. The molecule has 1 atom stereocenters. The fourth-order valence-corrected chi connectivity index (χ4v) is 4.15. The van der Waals surface area contributed by atoms with Gasteiger partial charge in [-0.15, -0.1) is 11.8 Å². The summed E-state index contributed by atoms with van der Waals surface area (Å²) in [7, 11) is 0. The van der Waals surface area contributed by atoms with Crippen molar-refractivity contribution >= 4 is 28.6 Å². The Morgan fingerprint density at radius 3 is 3.05 bits per heavy atom. The van der Waals surface area contributed by atoms with Crippen LogP contribution in [0.2, 0.25) is 0 Å². The Kier molecular flexibility index (Phi) is 4.20. The van der Waals surface area contributed by atoms with Crippen molar-refractivity contribution in [3.63, 3.8) is 0 Å². The molecular formula is C16H17FN2O2S. The lowest BCUT2D eigenvalue weighted by molar-refractivity contribution is 0.0758. The number of thioether (sulfide) groups is 1. The number of fused-ring (bicyclic) bond motifs is 1. The van der Waals surface area contributed by atoms with Crippen LogP contribution < -0.4 is 5.56 Å². The van der Waals surface area contributed by atoms with Gasteiger partial charge in [0.1, 0.15) is 5.82 Å². The number of nitrogens with one attached hydrogen (secondary N) is 1. The topological polar surface area (TPSA) is 53.2 Å². The Bertz CT molecular complexity index is 774. The predicted molar refractivity (Wildman–Crippen MR) is 86.7 cm³/mol. The molecule has 1 aromatic carbocycles. The first-order valence-electron chi connectivity index (χ1n) is 7.35. The van der Waals surface area contributed by atoms with Gasteiger partial charge in [-0.1, -0.05) is 13.3 Å². The van der Waals surface area contributed by atoms with Gasteiger partial charge in [-0.2, -0.15) is 0 Å². The second-order valence-corrected chi connectivity index (χ2v) is 6.64. The van der Waals surface area contributed by atoms with Gasteiger partial charge in [-0.05, 0) is 24.6 Å². The Balaban J connectivity index is 2.07. The van der Waals surface area contributed by atoms with Crippen molar-refractivity contribution < 1.29 is 9.18 Å². The van der Waals surface area contributed by atoms with Gasteiger partial charge in [0.05, 0.1) is 10.9 Å². The van der Waals surface area contributed by atoms with Crippen LogP contribution in [-0.4, -0.2) is 33.5 Å². The molecule has 22 heavy (non-hydrogen) atoms. The molecule has 1 aliphatic rings. The van der Waals surface area contributed by atoms with Gasteiger partial charge >= 0.3 is 0 Å². The summed E-state index contributed by atoms with van der Waals surface area (Å²) >= 11 is 1.76. The van der Waals surface area contributed by atoms with E-state index in [0.29, 0.717) is 17.4 Å². The number of carbonyl (C=O) groups excluding carboxylic acids is 1. The predicted octanol–water partition coefficient (Wildman–Crippen LogP) is 2.98. The lowest BCUT2D eigenvalue weighted by Crippen LogP contribution is -2.35. The van der Waals surface area contributed by atoms with Crippen LogP contribution >= 0.6 is 11.8 Å². The van der Waals surface area contributed by atoms with E-state index in [1.807, 2.05) is 0 Å². The number of hydrogen-bond acceptors (Lipinski definition) is 3. The molecular weight excluding hydrogens is 303 g/mol. The molecule has 0 bridgehead atoms. The van der Waals surface area contributed by atoms with Crippen LogP contribution in [0.15, 0.2) is 29.1 Å². The van der Waals surface area contributed by atoms with Gasteiger partial charge in [-0.3, -0.25) is 9.59 Å². The number of aromatic amines is 1. The monoisotopic (exact) mass is 320 g/mol. The number of nitrogens with zero attached hydrogens (tertiary/aromatic N) is 1. The van der Waals surface area contributed by atoms with Gasteiger partial charge < -0.3 is 9.88 Å². The lowest BCUT2D eigenvalue weighted by Gasteiger charge is -2.24. The molecule has 0 saturated carbocycles. The third kappa shape index (κ3) is 2.75. The molecule has 3 rings (SSSR count). The Morgan fingerprint density at radius 2 is 2.27 bits per heavy atom. The summed E-state index contributed by atoms with van der Waals surface area (Å²) in [4.78, 5) is 29.1. The molecule has 6 heteroatoms. The summed E-state index contributed by atoms with van der Waals surface area (Å²) in [6, 6.07) is 5.34. The fourth-order valence-electron chi connectivity index (χ4n) is 2.80. The summed E-state index contributed by atoms with van der Waals surface area (Å²) in [5, 5.41) is 0.595. The van der Waals surface area contributed by atoms with Crippen molar-refractivity contribution in [3.8, 4) is 0 Å². The van der Waals surface area contributed by atoms with E-state index in [4.69, 9.17) is 0 Å². The van der Waals surface area contributed by atoms with Crippen molar-refractivity contribution in [3.05, 3.63) is 46.0 Å². The van der Waals surface area contributed by atoms with E-state index < -0.39 is 5.82 Å². The summed E-state index contributed by atoms with van der Waals surface area (Å²) in [5.41, 5.74) is 0.416. The molecule has 0 unspecified atom stereocenters. The van der Waals surface area contributed by atoms with E-state index in [-0.39, 0.29) is 22.4 Å². The lowest BCUT2D eigenvalue weighted by atomic mass is 10.1. The standard InChI is InChI=1S/C16H17FN2O2S/c1-2-3-15-19(6-7-22-15)16(21)12-9-14(20)18-13-5-4-10(17)8-11(12)13/h4-5,8-9,15H,2-3,6-7H2,1H3,(H,18,20)/t15-/m1/s1. The molecule has 2 heterocycles. The van der Waals surface area contributed by atoms with Crippen molar-refractivity contribution in [1.29, 1.82) is 0 Å². The van der Waals surface area contributed by atoms with Crippen LogP contribution in [0.3, 0.4) is 0 Å². The van der Waals surface area contributed by atoms with E-state index in [1.54, 1.807) is 16.7 Å². The van der Waals surface area contributed by atoms with Crippen LogP contribution in [0, 0.1) is 5.82 Å². The number of H-pyrrole nitrogens is 1. The molecule has 1 amide bonds. The van der Waals surface area contributed by atoms with Crippen molar-refractivity contribution in [2.75, 3.05) is 12.3 Å². The molecule has 0 spiro atoms.